The minimum Gasteiger partial charge on any atom is -0.454 e. The van der Waals surface area contributed by atoms with Gasteiger partial charge in [-0.3, -0.25) is 14.8 Å². The maximum absolute atomic E-state index is 12.2. The number of aromatic amines is 1. The molecule has 1 fully saturated rings. The quantitative estimate of drug-likeness (QED) is 0.887. The Balaban J connectivity index is 1.34. The van der Waals surface area contributed by atoms with Gasteiger partial charge in [0, 0.05) is 32.7 Å². The number of hydrogen-bond donors (Lipinski definition) is 1. The van der Waals surface area contributed by atoms with Crippen molar-refractivity contribution in [2.45, 2.75) is 6.54 Å². The van der Waals surface area contributed by atoms with Gasteiger partial charge in [-0.1, -0.05) is 6.07 Å². The van der Waals surface area contributed by atoms with Gasteiger partial charge in [0.15, 0.2) is 11.5 Å². The molecule has 1 amide bonds. The topological polar surface area (TPSA) is 83.6 Å². The van der Waals surface area contributed by atoms with Crippen molar-refractivity contribution in [3.63, 3.8) is 0 Å². The molecule has 0 aliphatic carbocycles. The zero-order chi connectivity index (χ0) is 15.6. The van der Waals surface area contributed by atoms with E-state index >= 15 is 0 Å². The summed E-state index contributed by atoms with van der Waals surface area (Å²) in [7, 11) is 0. The summed E-state index contributed by atoms with van der Waals surface area (Å²) >= 11 is 0. The molecule has 0 spiro atoms. The van der Waals surface area contributed by atoms with Crippen molar-refractivity contribution in [3.05, 3.63) is 35.9 Å². The molecule has 8 nitrogen and oxygen atoms in total. The molecule has 120 valence electrons. The van der Waals surface area contributed by atoms with Gasteiger partial charge in [0.05, 0.1) is 0 Å². The number of hydrogen-bond acceptors (Lipinski definition) is 6. The second kappa shape index (κ2) is 5.88. The zero-order valence-corrected chi connectivity index (χ0v) is 12.6. The zero-order valence-electron chi connectivity index (χ0n) is 12.6. The van der Waals surface area contributed by atoms with Crippen LogP contribution in [-0.4, -0.2) is 63.9 Å². The minimum absolute atomic E-state index is 0.0924. The standard InChI is InChI=1S/C15H17N5O3/c21-15(14-16-9-17-18-14)20-5-3-19(4-6-20)8-11-1-2-12-13(7-11)23-10-22-12/h1-2,7,9H,3-6,8,10H2,(H,16,17,18). The first-order chi connectivity index (χ1) is 11.3. The molecule has 8 heteroatoms. The summed E-state index contributed by atoms with van der Waals surface area (Å²) in [5.41, 5.74) is 1.18. The molecule has 1 aromatic heterocycles. The third kappa shape index (κ3) is 2.85. The molecule has 0 bridgehead atoms. The number of rotatable bonds is 3. The molecule has 1 saturated heterocycles. The van der Waals surface area contributed by atoms with Crippen molar-refractivity contribution in [2.75, 3.05) is 33.0 Å². The van der Waals surface area contributed by atoms with E-state index in [1.54, 1.807) is 4.90 Å². The van der Waals surface area contributed by atoms with E-state index in [-0.39, 0.29) is 5.91 Å². The molecular weight excluding hydrogens is 298 g/mol. The van der Waals surface area contributed by atoms with Crippen molar-refractivity contribution in [1.82, 2.24) is 25.0 Å². The maximum Gasteiger partial charge on any atom is 0.291 e. The van der Waals surface area contributed by atoms with Crippen molar-refractivity contribution < 1.29 is 14.3 Å². The summed E-state index contributed by atoms with van der Waals surface area (Å²) < 4.78 is 10.7. The second-order valence-electron chi connectivity index (χ2n) is 5.59. The van der Waals surface area contributed by atoms with Crippen molar-refractivity contribution in [2.24, 2.45) is 0 Å². The number of ether oxygens (including phenoxy) is 2. The molecule has 2 aliphatic heterocycles. The lowest BCUT2D eigenvalue weighted by Gasteiger charge is -2.34. The molecule has 3 heterocycles. The van der Waals surface area contributed by atoms with Gasteiger partial charge in [0.25, 0.3) is 5.91 Å². The van der Waals surface area contributed by atoms with Crippen molar-refractivity contribution in [3.8, 4) is 11.5 Å². The van der Waals surface area contributed by atoms with E-state index in [2.05, 4.69) is 26.1 Å². The number of H-pyrrole nitrogens is 1. The number of piperazine rings is 1. The molecule has 4 rings (SSSR count). The predicted molar refractivity (Wildman–Crippen MR) is 80.1 cm³/mol. The highest BCUT2D eigenvalue weighted by Gasteiger charge is 2.24. The molecule has 1 aromatic carbocycles. The van der Waals surface area contributed by atoms with Crippen LogP contribution in [0.25, 0.3) is 0 Å². The van der Waals surface area contributed by atoms with Crippen LogP contribution in [0.1, 0.15) is 16.2 Å². The van der Waals surface area contributed by atoms with Crippen LogP contribution >= 0.6 is 0 Å². The Labute approximate surface area is 133 Å². The number of fused-ring (bicyclic) bond motifs is 1. The summed E-state index contributed by atoms with van der Waals surface area (Å²) in [6, 6.07) is 6.02. The largest absolute Gasteiger partial charge is 0.454 e. The summed E-state index contributed by atoms with van der Waals surface area (Å²) in [5, 5.41) is 6.34. The highest BCUT2D eigenvalue weighted by Crippen LogP contribution is 2.32. The fraction of sp³-hybridized carbons (Fsp3) is 0.400. The van der Waals surface area contributed by atoms with Crippen molar-refractivity contribution >= 4 is 5.91 Å². The average molecular weight is 315 g/mol. The smallest absolute Gasteiger partial charge is 0.291 e. The van der Waals surface area contributed by atoms with Crippen LogP contribution in [0.3, 0.4) is 0 Å². The fourth-order valence-corrected chi connectivity index (χ4v) is 2.86. The Morgan fingerprint density at radius 1 is 1.17 bits per heavy atom. The molecule has 2 aromatic rings. The first-order valence-electron chi connectivity index (χ1n) is 7.55. The van der Waals surface area contributed by atoms with Crippen molar-refractivity contribution in [1.29, 1.82) is 0 Å². The molecule has 0 saturated carbocycles. The highest BCUT2D eigenvalue weighted by atomic mass is 16.7. The minimum atomic E-state index is -0.0924. The number of nitrogens with zero attached hydrogens (tertiary/aromatic N) is 4. The average Bonchev–Trinajstić information content (AvgIpc) is 3.26. The molecule has 23 heavy (non-hydrogen) atoms. The number of carbonyl (C=O) groups is 1. The molecule has 1 N–H and O–H groups in total. The van der Waals surface area contributed by atoms with Gasteiger partial charge in [-0.05, 0) is 17.7 Å². The molecule has 0 radical (unpaired) electrons. The first kappa shape index (κ1) is 14.0. The van der Waals surface area contributed by atoms with E-state index in [0.29, 0.717) is 25.7 Å². The van der Waals surface area contributed by atoms with Crippen LogP contribution < -0.4 is 9.47 Å². The molecule has 2 aliphatic rings. The Bertz CT molecular complexity index is 695. The Morgan fingerprint density at radius 3 is 2.78 bits per heavy atom. The van der Waals surface area contributed by atoms with E-state index in [1.165, 1.54) is 11.9 Å². The SMILES string of the molecule is O=C(c1ncn[nH]1)N1CCN(Cc2ccc3c(c2)OCO3)CC1. The lowest BCUT2D eigenvalue weighted by Crippen LogP contribution is -2.48. The third-order valence-corrected chi connectivity index (χ3v) is 4.12. The van der Waals surface area contributed by atoms with Gasteiger partial charge in [-0.15, -0.1) is 0 Å². The lowest BCUT2D eigenvalue weighted by molar-refractivity contribution is 0.0617. The van der Waals surface area contributed by atoms with E-state index in [0.717, 1.165) is 31.1 Å². The van der Waals surface area contributed by atoms with Gasteiger partial charge in [0.1, 0.15) is 6.33 Å². The van der Waals surface area contributed by atoms with E-state index in [4.69, 9.17) is 9.47 Å². The second-order valence-corrected chi connectivity index (χ2v) is 5.59. The molecule has 0 unspecified atom stereocenters. The maximum atomic E-state index is 12.2. The van der Waals surface area contributed by atoms with Crippen LogP contribution in [0.2, 0.25) is 0 Å². The van der Waals surface area contributed by atoms with Crippen LogP contribution in [0.4, 0.5) is 0 Å². The van der Waals surface area contributed by atoms with Gasteiger partial charge >= 0.3 is 0 Å². The van der Waals surface area contributed by atoms with E-state index in [1.807, 2.05) is 12.1 Å². The number of nitrogens with one attached hydrogen (secondary N) is 1. The first-order valence-corrected chi connectivity index (χ1v) is 7.55. The molecular formula is C15H17N5O3. The summed E-state index contributed by atoms with van der Waals surface area (Å²) in [6.45, 7) is 4.15. The van der Waals surface area contributed by atoms with E-state index < -0.39 is 0 Å². The van der Waals surface area contributed by atoms with Gasteiger partial charge in [0.2, 0.25) is 12.6 Å². The third-order valence-electron chi connectivity index (χ3n) is 4.12. The number of benzene rings is 1. The van der Waals surface area contributed by atoms with Gasteiger partial charge in [-0.25, -0.2) is 4.98 Å². The number of amides is 1. The summed E-state index contributed by atoms with van der Waals surface area (Å²) in [4.78, 5) is 20.2. The fourth-order valence-electron chi connectivity index (χ4n) is 2.86. The van der Waals surface area contributed by atoms with Crippen LogP contribution in [-0.2, 0) is 6.54 Å². The summed E-state index contributed by atoms with van der Waals surface area (Å²) in [6.07, 6.45) is 1.35. The van der Waals surface area contributed by atoms with Crippen LogP contribution in [0, 0.1) is 0 Å². The number of aromatic nitrogens is 3. The van der Waals surface area contributed by atoms with Crippen LogP contribution in [0.15, 0.2) is 24.5 Å². The Morgan fingerprint density at radius 2 is 2.00 bits per heavy atom. The Kier molecular flexibility index (Phi) is 3.58. The van der Waals surface area contributed by atoms with Gasteiger partial charge < -0.3 is 14.4 Å². The molecule has 0 atom stereocenters. The Hall–Kier alpha value is -2.61. The van der Waals surface area contributed by atoms with Gasteiger partial charge in [-0.2, -0.15) is 5.10 Å². The monoisotopic (exact) mass is 315 g/mol. The number of carbonyl (C=O) groups excluding carboxylic acids is 1. The summed E-state index contributed by atoms with van der Waals surface area (Å²) in [5.74, 6) is 1.82. The van der Waals surface area contributed by atoms with E-state index in [9.17, 15) is 4.79 Å². The normalized spacial score (nSPS) is 17.5. The highest BCUT2D eigenvalue weighted by molar-refractivity contribution is 5.90. The predicted octanol–water partition coefficient (Wildman–Crippen LogP) is 0.491. The van der Waals surface area contributed by atoms with Crippen LogP contribution in [0.5, 0.6) is 11.5 Å². The lowest BCUT2D eigenvalue weighted by atomic mass is 10.1.